The number of amides is 1. The molecule has 8 nitrogen and oxygen atoms in total. The van der Waals surface area contributed by atoms with Gasteiger partial charge in [-0.2, -0.15) is 18.4 Å². The van der Waals surface area contributed by atoms with Crippen molar-refractivity contribution < 1.29 is 27.8 Å². The van der Waals surface area contributed by atoms with Crippen molar-refractivity contribution in [3.8, 4) is 11.8 Å². The fraction of sp³-hybridized carbons (Fsp3) is 0.464. The molecular weight excluding hydrogens is 614 g/mol. The minimum absolute atomic E-state index is 0. The molecule has 2 aromatic carbocycles. The number of aryl methyl sites for hydroxylation is 1. The van der Waals surface area contributed by atoms with Crippen molar-refractivity contribution in [2.24, 2.45) is 0 Å². The van der Waals surface area contributed by atoms with Gasteiger partial charge in [0.25, 0.3) is 5.91 Å². The molecule has 2 saturated heterocycles. The number of carbonyl (C=O) groups is 1. The normalized spacial score (nSPS) is 18.8. The molecule has 1 unspecified atom stereocenters. The summed E-state index contributed by atoms with van der Waals surface area (Å²) in [5.41, 5.74) is -1.39. The maximum Gasteiger partial charge on any atom is 0.417 e. The molecule has 2 aliphatic heterocycles. The molecule has 230 valence electrons. The zero-order valence-corrected chi connectivity index (χ0v) is 25.9. The molecule has 2 fully saturated rings. The Hall–Kier alpha value is -2.66. The fourth-order valence-corrected chi connectivity index (χ4v) is 5.65. The van der Waals surface area contributed by atoms with Gasteiger partial charge < -0.3 is 20.1 Å². The molecule has 0 bridgehead atoms. The van der Waals surface area contributed by atoms with E-state index in [4.69, 9.17) is 22.2 Å². The number of alkyl halides is 3. The third kappa shape index (κ3) is 6.93. The van der Waals surface area contributed by atoms with E-state index in [0.717, 1.165) is 42.2 Å². The number of rotatable bonds is 8. The monoisotopic (exact) mass is 647 g/mol. The lowest BCUT2D eigenvalue weighted by Crippen LogP contribution is -2.53. The van der Waals surface area contributed by atoms with Gasteiger partial charge in [-0.1, -0.05) is 6.92 Å². The first-order valence-electron chi connectivity index (χ1n) is 13.1. The largest absolute Gasteiger partial charge is 0.492 e. The lowest BCUT2D eigenvalue weighted by Gasteiger charge is -2.35. The summed E-state index contributed by atoms with van der Waals surface area (Å²) in [7, 11) is 0. The number of halogens is 5. The quantitative estimate of drug-likeness (QED) is 0.404. The molecule has 42 heavy (non-hydrogen) atoms. The molecule has 2 N–H and O–H groups in total. The Morgan fingerprint density at radius 3 is 2.50 bits per heavy atom. The molecule has 2 aliphatic rings. The number of hydrogen-bond donors (Lipinski definition) is 2. The average Bonchev–Trinajstić information content (AvgIpc) is 3.11. The van der Waals surface area contributed by atoms with Crippen LogP contribution in [0.1, 0.15) is 37.5 Å². The Morgan fingerprint density at radius 2 is 1.88 bits per heavy atom. The topological polar surface area (TPSA) is 92.1 Å². The minimum atomic E-state index is -4.77. The molecule has 2 aromatic rings. The molecule has 4 rings (SSSR count). The van der Waals surface area contributed by atoms with Crippen LogP contribution in [-0.2, 0) is 17.4 Å². The van der Waals surface area contributed by atoms with Crippen LogP contribution in [0.15, 0.2) is 36.4 Å². The smallest absolute Gasteiger partial charge is 0.417 e. The predicted octanol–water partition coefficient (Wildman–Crippen LogP) is 4.54. The molecule has 0 spiro atoms. The van der Waals surface area contributed by atoms with E-state index in [0.29, 0.717) is 31.0 Å². The molecule has 0 aromatic heterocycles. The molecule has 0 radical (unpaired) electrons. The molecule has 14 heteroatoms. The highest BCUT2D eigenvalue weighted by Gasteiger charge is 2.50. The van der Waals surface area contributed by atoms with Gasteiger partial charge in [0.15, 0.2) is 5.11 Å². The maximum absolute atomic E-state index is 13.6. The van der Waals surface area contributed by atoms with Gasteiger partial charge in [0.1, 0.15) is 17.9 Å². The number of thiocarbonyl (C=S) groups is 1. The van der Waals surface area contributed by atoms with Gasteiger partial charge in [0, 0.05) is 37.9 Å². The van der Waals surface area contributed by atoms with Gasteiger partial charge >= 0.3 is 6.18 Å². The summed E-state index contributed by atoms with van der Waals surface area (Å²) in [5, 5.41) is 22.1. The van der Waals surface area contributed by atoms with E-state index in [9.17, 15) is 23.1 Å². The van der Waals surface area contributed by atoms with E-state index in [2.05, 4.69) is 10.2 Å². The third-order valence-electron chi connectivity index (χ3n) is 7.36. The number of nitrogens with one attached hydrogen (secondary N) is 1. The van der Waals surface area contributed by atoms with Crippen LogP contribution in [-0.4, -0.2) is 72.0 Å². The first-order chi connectivity index (χ1) is 18.9. The molecule has 0 aliphatic carbocycles. The van der Waals surface area contributed by atoms with Crippen molar-refractivity contribution in [1.29, 1.82) is 5.26 Å². The SMILES string of the molecule is CCc1cc(N2C(=S)N(c3ccc(C#N)c(C(F)(F)F)c3)C(=O)C2(C)C)ccc1OCCN1CCNCC1CO.Cl.Cl. The lowest BCUT2D eigenvalue weighted by molar-refractivity contribution is -0.137. The van der Waals surface area contributed by atoms with Gasteiger partial charge in [-0.3, -0.25) is 14.6 Å². The van der Waals surface area contributed by atoms with Gasteiger partial charge in [-0.05, 0) is 74.4 Å². The van der Waals surface area contributed by atoms with Crippen molar-refractivity contribution in [1.82, 2.24) is 10.2 Å². The Kier molecular flexibility index (Phi) is 12.0. The second-order valence-corrected chi connectivity index (χ2v) is 10.6. The van der Waals surface area contributed by atoms with Crippen LogP contribution in [0.4, 0.5) is 24.5 Å². The second-order valence-electron chi connectivity index (χ2n) is 10.2. The van der Waals surface area contributed by atoms with E-state index in [1.807, 2.05) is 19.1 Å². The first-order valence-corrected chi connectivity index (χ1v) is 13.5. The van der Waals surface area contributed by atoms with E-state index in [1.165, 1.54) is 6.07 Å². The van der Waals surface area contributed by atoms with Crippen LogP contribution in [0.3, 0.4) is 0 Å². The van der Waals surface area contributed by atoms with Crippen molar-refractivity contribution in [3.05, 3.63) is 53.1 Å². The van der Waals surface area contributed by atoms with Gasteiger partial charge in [-0.15, -0.1) is 24.8 Å². The predicted molar refractivity (Wildman–Crippen MR) is 164 cm³/mol. The van der Waals surface area contributed by atoms with Crippen molar-refractivity contribution >= 4 is 59.4 Å². The summed E-state index contributed by atoms with van der Waals surface area (Å²) < 4.78 is 46.9. The van der Waals surface area contributed by atoms with Gasteiger partial charge in [0.05, 0.1) is 29.5 Å². The van der Waals surface area contributed by atoms with Crippen LogP contribution in [0.25, 0.3) is 0 Å². The maximum atomic E-state index is 13.6. The van der Waals surface area contributed by atoms with Crippen LogP contribution < -0.4 is 19.9 Å². The number of carbonyl (C=O) groups excluding carboxylic acids is 1. The van der Waals surface area contributed by atoms with Crippen LogP contribution in [0.2, 0.25) is 0 Å². The van der Waals surface area contributed by atoms with Gasteiger partial charge in [-0.25, -0.2) is 0 Å². The molecule has 1 atom stereocenters. The highest BCUT2D eigenvalue weighted by Crippen LogP contribution is 2.40. The third-order valence-corrected chi connectivity index (χ3v) is 7.72. The van der Waals surface area contributed by atoms with Crippen LogP contribution in [0, 0.1) is 11.3 Å². The summed E-state index contributed by atoms with van der Waals surface area (Å²) in [6, 6.07) is 10.2. The van der Waals surface area contributed by atoms with Crippen LogP contribution in [0.5, 0.6) is 5.75 Å². The standard InChI is InChI=1S/C28H32F3N5O3S.2ClH/c1-4-18-13-21(7-8-24(18)39-12-11-34-10-9-33-16-22(34)17-37)36-26(40)35(25(38)27(36,2)3)20-6-5-19(15-32)23(14-20)28(29,30)31;;/h5-8,13-14,22,33,37H,4,9-12,16-17H2,1-3H3;2*1H. The summed E-state index contributed by atoms with van der Waals surface area (Å²) in [4.78, 5) is 18.4. The Balaban J connectivity index is 0.00000308. The molecule has 1 amide bonds. The second kappa shape index (κ2) is 14.2. The van der Waals surface area contributed by atoms with Crippen molar-refractivity contribution in [2.45, 2.75) is 44.9 Å². The number of hydrogen-bond acceptors (Lipinski definition) is 7. The number of anilines is 2. The van der Waals surface area contributed by atoms with Crippen molar-refractivity contribution in [3.63, 3.8) is 0 Å². The number of nitrogens with zero attached hydrogens (tertiary/aromatic N) is 4. The number of benzene rings is 2. The molecule has 0 saturated carbocycles. The average molecular weight is 649 g/mol. The zero-order chi connectivity index (χ0) is 29.2. The number of ether oxygens (including phenoxy) is 1. The number of piperazine rings is 1. The summed E-state index contributed by atoms with van der Waals surface area (Å²) in [6.45, 7) is 8.88. The highest BCUT2D eigenvalue weighted by molar-refractivity contribution is 7.81. The Morgan fingerprint density at radius 1 is 1.19 bits per heavy atom. The van der Waals surface area contributed by atoms with E-state index >= 15 is 0 Å². The molecular formula is C28H34Cl2F3N5O3S. The van der Waals surface area contributed by atoms with Crippen molar-refractivity contribution in [2.75, 3.05) is 49.2 Å². The first kappa shape index (κ1) is 35.5. The highest BCUT2D eigenvalue weighted by atomic mass is 35.5. The number of nitriles is 1. The van der Waals surface area contributed by atoms with E-state index in [1.54, 1.807) is 30.9 Å². The van der Waals surface area contributed by atoms with E-state index < -0.39 is 28.7 Å². The molecule has 2 heterocycles. The Bertz CT molecular complexity index is 1340. The Labute approximate surface area is 261 Å². The fourth-order valence-electron chi connectivity index (χ4n) is 5.13. The number of aliphatic hydroxyl groups is 1. The lowest BCUT2D eigenvalue weighted by atomic mass is 10.0. The summed E-state index contributed by atoms with van der Waals surface area (Å²) in [5.74, 6) is 0.207. The minimum Gasteiger partial charge on any atom is -0.492 e. The summed E-state index contributed by atoms with van der Waals surface area (Å²) >= 11 is 5.65. The van der Waals surface area contributed by atoms with Crippen LogP contribution >= 0.6 is 37.0 Å². The number of aliphatic hydroxyl groups excluding tert-OH is 1. The summed E-state index contributed by atoms with van der Waals surface area (Å²) in [6.07, 6.45) is -4.13. The van der Waals surface area contributed by atoms with E-state index in [-0.39, 0.29) is 48.3 Å². The zero-order valence-electron chi connectivity index (χ0n) is 23.4. The van der Waals surface area contributed by atoms with Gasteiger partial charge in [0.2, 0.25) is 0 Å².